The second-order valence-electron chi connectivity index (χ2n) is 7.10. The molecule has 0 fully saturated rings. The number of rotatable bonds is 7. The molecule has 2 aromatic rings. The van der Waals surface area contributed by atoms with E-state index in [1.54, 1.807) is 16.9 Å². The number of amides is 1. The highest BCUT2D eigenvalue weighted by atomic mass is 16.5. The van der Waals surface area contributed by atoms with E-state index in [9.17, 15) is 4.79 Å². The number of carbonyl (C=O) groups excluding carboxylic acids is 1. The number of carbonyl (C=O) groups is 1. The molecule has 0 saturated heterocycles. The quantitative estimate of drug-likeness (QED) is 0.833. The Kier molecular flexibility index (Phi) is 6.00. The molecule has 0 unspecified atom stereocenters. The van der Waals surface area contributed by atoms with Crippen LogP contribution in [-0.2, 0) is 7.05 Å². The van der Waals surface area contributed by atoms with Crippen molar-refractivity contribution in [1.29, 1.82) is 0 Å². The van der Waals surface area contributed by atoms with Gasteiger partial charge in [0.25, 0.3) is 5.91 Å². The van der Waals surface area contributed by atoms with Crippen molar-refractivity contribution >= 4 is 5.91 Å². The SMILES string of the molecule is Cc1c(-c2cc(C(=O)N[C@@H](C)CN(C(C)C)C(C)C)on2)cnn1C. The maximum atomic E-state index is 12.4. The topological polar surface area (TPSA) is 76.2 Å². The average Bonchev–Trinajstić information content (AvgIpc) is 3.12. The summed E-state index contributed by atoms with van der Waals surface area (Å²) in [5, 5.41) is 11.2. The summed E-state index contributed by atoms with van der Waals surface area (Å²) in [6, 6.07) is 2.51. The third-order valence-electron chi connectivity index (χ3n) is 4.43. The van der Waals surface area contributed by atoms with E-state index in [1.807, 2.05) is 20.9 Å². The average molecular weight is 347 g/mol. The van der Waals surface area contributed by atoms with Crippen molar-refractivity contribution in [1.82, 2.24) is 25.2 Å². The molecule has 0 aromatic carbocycles. The maximum absolute atomic E-state index is 12.4. The minimum absolute atomic E-state index is 0.00554. The van der Waals surface area contributed by atoms with Crippen LogP contribution in [-0.4, -0.2) is 50.4 Å². The minimum atomic E-state index is -0.250. The van der Waals surface area contributed by atoms with Crippen molar-refractivity contribution in [3.8, 4) is 11.3 Å². The molecule has 138 valence electrons. The molecule has 1 amide bonds. The molecule has 0 aliphatic carbocycles. The fourth-order valence-electron chi connectivity index (χ4n) is 2.93. The van der Waals surface area contributed by atoms with Crippen LogP contribution in [0.25, 0.3) is 11.3 Å². The van der Waals surface area contributed by atoms with Gasteiger partial charge in [0.2, 0.25) is 5.76 Å². The first-order chi connectivity index (χ1) is 11.7. The lowest BCUT2D eigenvalue weighted by Crippen LogP contribution is -2.47. The lowest BCUT2D eigenvalue weighted by atomic mass is 10.1. The first kappa shape index (κ1) is 19.2. The number of nitrogens with one attached hydrogen (secondary N) is 1. The van der Waals surface area contributed by atoms with Gasteiger partial charge in [-0.1, -0.05) is 5.16 Å². The number of aryl methyl sites for hydroxylation is 1. The van der Waals surface area contributed by atoms with E-state index >= 15 is 0 Å². The van der Waals surface area contributed by atoms with Crippen LogP contribution in [0.3, 0.4) is 0 Å². The Morgan fingerprint density at radius 2 is 1.92 bits per heavy atom. The predicted molar refractivity (Wildman–Crippen MR) is 97.3 cm³/mol. The van der Waals surface area contributed by atoms with Gasteiger partial charge in [0.1, 0.15) is 5.69 Å². The van der Waals surface area contributed by atoms with Gasteiger partial charge in [-0.3, -0.25) is 14.4 Å². The van der Waals surface area contributed by atoms with Gasteiger partial charge in [-0.05, 0) is 41.5 Å². The largest absolute Gasteiger partial charge is 0.350 e. The second-order valence-corrected chi connectivity index (χ2v) is 7.10. The molecular formula is C18H29N5O2. The standard InChI is InChI=1S/C18H29N5O2/c1-11(2)23(12(3)4)10-13(5)20-18(24)17-8-16(21-25-17)15-9-19-22(7)14(15)6/h8-9,11-13H,10H2,1-7H3,(H,20,24)/t13-/m0/s1. The highest BCUT2D eigenvalue weighted by Crippen LogP contribution is 2.22. The van der Waals surface area contributed by atoms with E-state index < -0.39 is 0 Å². The van der Waals surface area contributed by atoms with Gasteiger partial charge in [0.05, 0.1) is 6.20 Å². The van der Waals surface area contributed by atoms with E-state index in [2.05, 4.69) is 48.2 Å². The summed E-state index contributed by atoms with van der Waals surface area (Å²) < 4.78 is 7.00. The Labute approximate surface area is 149 Å². The molecule has 0 aliphatic heterocycles. The molecule has 1 N–H and O–H groups in total. The maximum Gasteiger partial charge on any atom is 0.290 e. The van der Waals surface area contributed by atoms with Crippen LogP contribution < -0.4 is 5.32 Å². The molecule has 2 heterocycles. The normalized spacial score (nSPS) is 13.0. The van der Waals surface area contributed by atoms with Crippen LogP contribution in [0.1, 0.15) is 50.9 Å². The highest BCUT2D eigenvalue weighted by molar-refractivity contribution is 5.92. The molecule has 7 nitrogen and oxygen atoms in total. The lowest BCUT2D eigenvalue weighted by molar-refractivity contribution is 0.0875. The molecule has 0 bridgehead atoms. The van der Waals surface area contributed by atoms with Crippen molar-refractivity contribution in [2.45, 2.75) is 59.7 Å². The minimum Gasteiger partial charge on any atom is -0.350 e. The molecule has 2 rings (SSSR count). The van der Waals surface area contributed by atoms with Gasteiger partial charge in [-0.25, -0.2) is 0 Å². The Morgan fingerprint density at radius 3 is 2.44 bits per heavy atom. The van der Waals surface area contributed by atoms with Crippen molar-refractivity contribution in [2.24, 2.45) is 7.05 Å². The second kappa shape index (κ2) is 7.82. The summed E-state index contributed by atoms with van der Waals surface area (Å²) in [7, 11) is 1.86. The summed E-state index contributed by atoms with van der Waals surface area (Å²) in [5.41, 5.74) is 2.46. The third kappa shape index (κ3) is 4.48. The molecule has 7 heteroatoms. The Bertz CT molecular complexity index is 709. The Morgan fingerprint density at radius 1 is 1.28 bits per heavy atom. The van der Waals surface area contributed by atoms with Gasteiger partial charge in [0.15, 0.2) is 0 Å². The lowest BCUT2D eigenvalue weighted by Gasteiger charge is -2.33. The van der Waals surface area contributed by atoms with Crippen LogP contribution >= 0.6 is 0 Å². The van der Waals surface area contributed by atoms with Crippen LogP contribution in [0.5, 0.6) is 0 Å². The van der Waals surface area contributed by atoms with Crippen molar-refractivity contribution < 1.29 is 9.32 Å². The van der Waals surface area contributed by atoms with Crippen molar-refractivity contribution in [2.75, 3.05) is 6.54 Å². The Balaban J connectivity index is 2.03. The summed E-state index contributed by atoms with van der Waals surface area (Å²) in [5.74, 6) is -0.0361. The predicted octanol–water partition coefficient (Wildman–Crippen LogP) is 2.62. The molecule has 0 aliphatic rings. The first-order valence-electron chi connectivity index (χ1n) is 8.73. The van der Waals surface area contributed by atoms with E-state index in [0.29, 0.717) is 17.8 Å². The Hall–Kier alpha value is -2.15. The number of hydrogen-bond acceptors (Lipinski definition) is 5. The molecule has 1 atom stereocenters. The zero-order valence-corrected chi connectivity index (χ0v) is 16.2. The van der Waals surface area contributed by atoms with Gasteiger partial charge in [-0.2, -0.15) is 5.10 Å². The van der Waals surface area contributed by atoms with E-state index in [-0.39, 0.29) is 17.7 Å². The van der Waals surface area contributed by atoms with Crippen LogP contribution in [0.4, 0.5) is 0 Å². The zero-order valence-electron chi connectivity index (χ0n) is 16.2. The number of nitrogens with zero attached hydrogens (tertiary/aromatic N) is 4. The fraction of sp³-hybridized carbons (Fsp3) is 0.611. The van der Waals surface area contributed by atoms with Crippen molar-refractivity contribution in [3.05, 3.63) is 23.7 Å². The van der Waals surface area contributed by atoms with E-state index in [1.165, 1.54) is 0 Å². The molecule has 0 spiro atoms. The van der Waals surface area contributed by atoms with Gasteiger partial charge in [-0.15, -0.1) is 0 Å². The van der Waals surface area contributed by atoms with E-state index in [4.69, 9.17) is 4.52 Å². The summed E-state index contributed by atoms with van der Waals surface area (Å²) in [4.78, 5) is 14.8. The fourth-order valence-corrected chi connectivity index (χ4v) is 2.93. The van der Waals surface area contributed by atoms with Crippen LogP contribution in [0, 0.1) is 6.92 Å². The molecule has 0 saturated carbocycles. The smallest absolute Gasteiger partial charge is 0.290 e. The van der Waals surface area contributed by atoms with E-state index in [0.717, 1.165) is 17.8 Å². The zero-order chi connectivity index (χ0) is 18.7. The van der Waals surface area contributed by atoms with Crippen LogP contribution in [0.2, 0.25) is 0 Å². The summed E-state index contributed by atoms with van der Waals surface area (Å²) in [6.07, 6.45) is 1.72. The summed E-state index contributed by atoms with van der Waals surface area (Å²) in [6.45, 7) is 13.4. The molecular weight excluding hydrogens is 318 g/mol. The monoisotopic (exact) mass is 347 g/mol. The number of hydrogen-bond donors (Lipinski definition) is 1. The first-order valence-corrected chi connectivity index (χ1v) is 8.73. The molecule has 0 radical (unpaired) electrons. The highest BCUT2D eigenvalue weighted by Gasteiger charge is 2.21. The third-order valence-corrected chi connectivity index (χ3v) is 4.43. The number of aromatic nitrogens is 3. The molecule has 25 heavy (non-hydrogen) atoms. The summed E-state index contributed by atoms with van der Waals surface area (Å²) >= 11 is 0. The molecule has 2 aromatic heterocycles. The van der Waals surface area contributed by atoms with Crippen molar-refractivity contribution in [3.63, 3.8) is 0 Å². The van der Waals surface area contributed by atoms with Gasteiger partial charge >= 0.3 is 0 Å². The van der Waals surface area contributed by atoms with Gasteiger partial charge in [0, 0.05) is 49.0 Å². The van der Waals surface area contributed by atoms with Gasteiger partial charge < -0.3 is 9.84 Å². The van der Waals surface area contributed by atoms with Crippen LogP contribution in [0.15, 0.2) is 16.8 Å².